The molecule has 1 fully saturated rings. The Morgan fingerprint density at radius 3 is 2.51 bits per heavy atom. The topological polar surface area (TPSA) is 129 Å². The van der Waals surface area contributed by atoms with Crippen molar-refractivity contribution in [3.05, 3.63) is 63.8 Å². The molecule has 0 saturated carbocycles. The maximum absolute atomic E-state index is 13.4. The van der Waals surface area contributed by atoms with Crippen LogP contribution in [0.5, 0.6) is 5.75 Å². The van der Waals surface area contributed by atoms with Crippen LogP contribution in [0, 0.1) is 24.7 Å². The third-order valence-electron chi connectivity index (χ3n) is 7.76. The zero-order valence-corrected chi connectivity index (χ0v) is 19.4. The molecule has 0 aromatic heterocycles. The van der Waals surface area contributed by atoms with Gasteiger partial charge in [-0.2, -0.15) is 0 Å². The molecule has 2 amide bonds. The first-order valence-electron chi connectivity index (χ1n) is 11.7. The Morgan fingerprint density at radius 1 is 1.09 bits per heavy atom. The number of aryl methyl sites for hydroxylation is 1. The predicted octanol–water partition coefficient (Wildman–Crippen LogP) is 2.60. The maximum atomic E-state index is 13.4. The van der Waals surface area contributed by atoms with Crippen molar-refractivity contribution in [2.24, 2.45) is 17.8 Å². The number of phenols is 1. The van der Waals surface area contributed by atoms with Crippen molar-refractivity contribution >= 4 is 29.4 Å². The number of allylic oxidation sites excluding steroid dienone is 6. The van der Waals surface area contributed by atoms with Crippen molar-refractivity contribution < 1.29 is 34.2 Å². The number of carbonyl (C=O) groups excluding carboxylic acids is 4. The predicted molar refractivity (Wildman–Crippen MR) is 123 cm³/mol. The molecule has 3 aliphatic carbocycles. The lowest BCUT2D eigenvalue weighted by Gasteiger charge is -2.42. The Morgan fingerprint density at radius 2 is 1.83 bits per heavy atom. The fourth-order valence-corrected chi connectivity index (χ4v) is 6.11. The van der Waals surface area contributed by atoms with Crippen LogP contribution in [0.25, 0.3) is 0 Å². The highest BCUT2D eigenvalue weighted by Crippen LogP contribution is 2.55. The average molecular weight is 475 g/mol. The molecule has 1 heterocycles. The standard InChI is InChI=1S/C27H25NO7/c1-12-9-14(3-6-19(12)29)22-15-4-5-16-23(27(35)28(26(16)34)8-7-21(31)32)17(15)11-18-24(22)20(30)10-13(2)25(18)33/h3-4,6,9-10,16-17,22-23,29H,5,7-8,11H2,1-2H3,(H,31,32). The molecule has 0 spiro atoms. The molecule has 8 heteroatoms. The van der Waals surface area contributed by atoms with Gasteiger partial charge in [0, 0.05) is 29.2 Å². The van der Waals surface area contributed by atoms with Crippen LogP contribution >= 0.6 is 0 Å². The lowest BCUT2D eigenvalue weighted by Crippen LogP contribution is -2.40. The number of amides is 2. The molecular weight excluding hydrogens is 450 g/mol. The van der Waals surface area contributed by atoms with Gasteiger partial charge in [0.2, 0.25) is 11.8 Å². The number of rotatable bonds is 4. The van der Waals surface area contributed by atoms with Gasteiger partial charge < -0.3 is 10.2 Å². The minimum absolute atomic E-state index is 0.112. The third kappa shape index (κ3) is 3.47. The highest BCUT2D eigenvalue weighted by Gasteiger charge is 2.56. The molecule has 1 aromatic rings. The largest absolute Gasteiger partial charge is 0.508 e. The maximum Gasteiger partial charge on any atom is 0.305 e. The number of aliphatic carboxylic acids is 1. The Balaban J connectivity index is 1.63. The number of hydrogen-bond acceptors (Lipinski definition) is 6. The number of likely N-dealkylation sites (tertiary alicyclic amines) is 1. The zero-order chi connectivity index (χ0) is 25.2. The summed E-state index contributed by atoms with van der Waals surface area (Å²) in [6, 6.07) is 5.05. The van der Waals surface area contributed by atoms with E-state index in [1.165, 1.54) is 6.08 Å². The van der Waals surface area contributed by atoms with Gasteiger partial charge in [0.25, 0.3) is 0 Å². The van der Waals surface area contributed by atoms with Crippen LogP contribution < -0.4 is 0 Å². The zero-order valence-electron chi connectivity index (χ0n) is 19.4. The van der Waals surface area contributed by atoms with E-state index in [1.54, 1.807) is 32.0 Å². The van der Waals surface area contributed by atoms with Gasteiger partial charge in [-0.1, -0.05) is 23.8 Å². The summed E-state index contributed by atoms with van der Waals surface area (Å²) in [5, 5.41) is 19.1. The number of carboxylic acids is 1. The highest BCUT2D eigenvalue weighted by molar-refractivity contribution is 6.23. The first-order chi connectivity index (χ1) is 16.6. The molecule has 180 valence electrons. The van der Waals surface area contributed by atoms with E-state index in [-0.39, 0.29) is 42.6 Å². The number of ketones is 2. The van der Waals surface area contributed by atoms with Gasteiger partial charge in [0.05, 0.1) is 18.3 Å². The summed E-state index contributed by atoms with van der Waals surface area (Å²) in [6.45, 7) is 3.16. The van der Waals surface area contributed by atoms with Crippen molar-refractivity contribution in [1.29, 1.82) is 0 Å². The Hall–Kier alpha value is -3.81. The summed E-state index contributed by atoms with van der Waals surface area (Å²) in [4.78, 5) is 64.9. The van der Waals surface area contributed by atoms with Crippen LogP contribution in [0.2, 0.25) is 0 Å². The molecule has 4 unspecified atom stereocenters. The van der Waals surface area contributed by atoms with E-state index >= 15 is 0 Å². The average Bonchev–Trinajstić information content (AvgIpc) is 3.06. The molecule has 1 aromatic carbocycles. The molecular formula is C27H25NO7. The van der Waals surface area contributed by atoms with Crippen molar-refractivity contribution in [3.63, 3.8) is 0 Å². The number of nitrogens with zero attached hydrogens (tertiary/aromatic N) is 1. The van der Waals surface area contributed by atoms with E-state index in [0.29, 0.717) is 28.7 Å². The van der Waals surface area contributed by atoms with Crippen molar-refractivity contribution in [1.82, 2.24) is 4.90 Å². The number of fused-ring (bicyclic) bond motifs is 3. The second-order valence-corrected chi connectivity index (χ2v) is 9.75. The van der Waals surface area contributed by atoms with Gasteiger partial charge in [-0.25, -0.2) is 0 Å². The van der Waals surface area contributed by atoms with Gasteiger partial charge in [-0.3, -0.25) is 28.9 Å². The molecule has 1 aliphatic heterocycles. The number of benzene rings is 1. The lowest BCUT2D eigenvalue weighted by molar-refractivity contribution is -0.142. The smallest absolute Gasteiger partial charge is 0.305 e. The fourth-order valence-electron chi connectivity index (χ4n) is 6.11. The van der Waals surface area contributed by atoms with Crippen LogP contribution in [0.15, 0.2) is 52.6 Å². The molecule has 4 atom stereocenters. The summed E-state index contributed by atoms with van der Waals surface area (Å²) >= 11 is 0. The third-order valence-corrected chi connectivity index (χ3v) is 7.76. The lowest BCUT2D eigenvalue weighted by atomic mass is 9.59. The summed E-state index contributed by atoms with van der Waals surface area (Å²) in [6.07, 6.45) is 3.42. The van der Waals surface area contributed by atoms with Gasteiger partial charge >= 0.3 is 5.97 Å². The Kier molecular flexibility index (Phi) is 5.34. The fraction of sp³-hybridized carbons (Fsp3) is 0.370. The molecule has 0 radical (unpaired) electrons. The Labute approximate surface area is 201 Å². The number of aromatic hydroxyl groups is 1. The molecule has 0 bridgehead atoms. The minimum atomic E-state index is -1.09. The molecule has 8 nitrogen and oxygen atoms in total. The second-order valence-electron chi connectivity index (χ2n) is 9.75. The Bertz CT molecular complexity index is 1310. The summed E-state index contributed by atoms with van der Waals surface area (Å²) in [7, 11) is 0. The van der Waals surface area contributed by atoms with E-state index in [4.69, 9.17) is 5.11 Å². The van der Waals surface area contributed by atoms with E-state index in [9.17, 15) is 29.1 Å². The van der Waals surface area contributed by atoms with Gasteiger partial charge in [-0.05, 0) is 55.9 Å². The summed E-state index contributed by atoms with van der Waals surface area (Å²) < 4.78 is 0. The molecule has 2 N–H and O–H groups in total. The van der Waals surface area contributed by atoms with Crippen molar-refractivity contribution in [2.75, 3.05) is 6.54 Å². The van der Waals surface area contributed by atoms with E-state index < -0.39 is 35.5 Å². The quantitative estimate of drug-likeness (QED) is 0.389. The number of Topliss-reactive ketones (excluding diaryl/α,β-unsaturated/α-hetero) is 1. The minimum Gasteiger partial charge on any atom is -0.508 e. The van der Waals surface area contributed by atoms with Crippen molar-refractivity contribution in [2.45, 2.75) is 39.0 Å². The number of carboxylic acid groups (broad SMARTS) is 1. The highest BCUT2D eigenvalue weighted by atomic mass is 16.4. The monoisotopic (exact) mass is 475 g/mol. The summed E-state index contributed by atoms with van der Waals surface area (Å²) in [5.74, 6) is -4.60. The van der Waals surface area contributed by atoms with Gasteiger partial charge in [-0.15, -0.1) is 0 Å². The van der Waals surface area contributed by atoms with Crippen LogP contribution in [0.3, 0.4) is 0 Å². The van der Waals surface area contributed by atoms with Crippen LogP contribution in [0.4, 0.5) is 0 Å². The first kappa shape index (κ1) is 23.0. The number of hydrogen-bond donors (Lipinski definition) is 2. The van der Waals surface area contributed by atoms with Crippen LogP contribution in [0.1, 0.15) is 43.2 Å². The van der Waals surface area contributed by atoms with E-state index in [0.717, 1.165) is 16.0 Å². The second kappa shape index (κ2) is 8.15. The molecule has 35 heavy (non-hydrogen) atoms. The molecule has 4 aliphatic rings. The van der Waals surface area contributed by atoms with E-state index in [2.05, 4.69) is 0 Å². The number of imide groups is 1. The molecule has 1 saturated heterocycles. The normalized spacial score (nSPS) is 27.9. The van der Waals surface area contributed by atoms with Gasteiger partial charge in [0.15, 0.2) is 11.6 Å². The first-order valence-corrected chi connectivity index (χ1v) is 11.7. The summed E-state index contributed by atoms with van der Waals surface area (Å²) in [5.41, 5.74) is 3.28. The van der Waals surface area contributed by atoms with E-state index in [1.807, 2.05) is 6.08 Å². The van der Waals surface area contributed by atoms with Crippen LogP contribution in [-0.4, -0.2) is 51.0 Å². The number of carbonyl (C=O) groups is 5. The van der Waals surface area contributed by atoms with Gasteiger partial charge in [0.1, 0.15) is 5.75 Å². The van der Waals surface area contributed by atoms with Crippen LogP contribution in [-0.2, 0) is 24.0 Å². The number of phenolic OH excluding ortho intramolecular Hbond substituents is 1. The molecule has 5 rings (SSSR count). The van der Waals surface area contributed by atoms with Crippen molar-refractivity contribution in [3.8, 4) is 5.75 Å². The SMILES string of the molecule is CC1=CC(=O)C2=C(CC3C(=CCC4C(=O)N(CCC(=O)O)C(=O)C43)C2c2ccc(O)c(C)c2)C1=O.